The third kappa shape index (κ3) is 5.73. The maximum absolute atomic E-state index is 12.1. The Bertz CT molecular complexity index is 474. The van der Waals surface area contributed by atoms with Crippen LogP contribution in [0.2, 0.25) is 0 Å². The number of hydrogen-bond acceptors (Lipinski definition) is 5. The quantitative estimate of drug-likeness (QED) is 0.239. The van der Waals surface area contributed by atoms with E-state index in [9.17, 15) is 9.59 Å². The van der Waals surface area contributed by atoms with Gasteiger partial charge < -0.3 is 9.47 Å². The van der Waals surface area contributed by atoms with Gasteiger partial charge in [-0.3, -0.25) is 15.0 Å². The number of amides is 1. The number of carbonyl (C=O) groups is 2. The van der Waals surface area contributed by atoms with Gasteiger partial charge in [0.15, 0.2) is 0 Å². The molecule has 3 N–H and O–H groups in total. The number of ether oxygens (including phenoxy) is 2. The highest BCUT2D eigenvalue weighted by Crippen LogP contribution is 2.26. The van der Waals surface area contributed by atoms with E-state index in [1.807, 2.05) is 24.3 Å². The van der Waals surface area contributed by atoms with Gasteiger partial charge in [0.1, 0.15) is 5.75 Å². The van der Waals surface area contributed by atoms with Crippen molar-refractivity contribution in [3.05, 3.63) is 29.8 Å². The van der Waals surface area contributed by atoms with Crippen LogP contribution in [0.25, 0.3) is 0 Å². The van der Waals surface area contributed by atoms with Gasteiger partial charge in [-0.25, -0.2) is 5.84 Å². The van der Waals surface area contributed by atoms with E-state index in [0.717, 1.165) is 17.7 Å². The van der Waals surface area contributed by atoms with Crippen LogP contribution in [0.15, 0.2) is 24.3 Å². The van der Waals surface area contributed by atoms with Crippen LogP contribution in [0.3, 0.4) is 0 Å². The molecule has 1 unspecified atom stereocenters. The monoisotopic (exact) mass is 308 g/mol. The minimum absolute atomic E-state index is 0.197. The zero-order valence-corrected chi connectivity index (χ0v) is 13.1. The van der Waals surface area contributed by atoms with Crippen LogP contribution in [-0.4, -0.2) is 25.6 Å². The number of benzene rings is 1. The van der Waals surface area contributed by atoms with Crippen LogP contribution in [0.1, 0.15) is 44.1 Å². The normalized spacial score (nSPS) is 11.6. The Morgan fingerprint density at radius 1 is 1.23 bits per heavy atom. The molecule has 0 aliphatic rings. The van der Waals surface area contributed by atoms with Gasteiger partial charge in [-0.15, -0.1) is 0 Å². The average Bonchev–Trinajstić information content (AvgIpc) is 2.55. The van der Waals surface area contributed by atoms with Crippen molar-refractivity contribution in [2.75, 3.05) is 13.7 Å². The minimum Gasteiger partial charge on any atom is -0.497 e. The Balaban J connectivity index is 2.66. The first-order chi connectivity index (χ1) is 10.6. The summed E-state index contributed by atoms with van der Waals surface area (Å²) in [7, 11) is 1.60. The zero-order valence-electron chi connectivity index (χ0n) is 13.1. The van der Waals surface area contributed by atoms with Crippen molar-refractivity contribution < 1.29 is 19.1 Å². The topological polar surface area (TPSA) is 90.7 Å². The van der Waals surface area contributed by atoms with Crippen molar-refractivity contribution in [1.82, 2.24) is 5.43 Å². The molecule has 0 aliphatic carbocycles. The summed E-state index contributed by atoms with van der Waals surface area (Å²) in [5.41, 5.74) is 2.99. The molecule has 22 heavy (non-hydrogen) atoms. The molecular formula is C16H24N2O4. The van der Waals surface area contributed by atoms with E-state index in [-0.39, 0.29) is 17.8 Å². The van der Waals surface area contributed by atoms with Crippen molar-refractivity contribution >= 4 is 11.9 Å². The Morgan fingerprint density at radius 2 is 1.91 bits per heavy atom. The van der Waals surface area contributed by atoms with Crippen molar-refractivity contribution in [2.45, 2.75) is 38.5 Å². The molecule has 0 aliphatic heterocycles. The molecule has 6 heteroatoms. The molecule has 6 nitrogen and oxygen atoms in total. The summed E-state index contributed by atoms with van der Waals surface area (Å²) in [5.74, 6) is 5.01. The number of carbonyl (C=O) groups excluding carboxylic acids is 2. The van der Waals surface area contributed by atoms with Gasteiger partial charge >= 0.3 is 5.97 Å². The first-order valence-electron chi connectivity index (χ1n) is 7.42. The highest BCUT2D eigenvalue weighted by atomic mass is 16.5. The second kappa shape index (κ2) is 9.78. The number of methoxy groups -OCH3 is 1. The molecule has 1 rings (SSSR count). The van der Waals surface area contributed by atoms with E-state index in [1.165, 1.54) is 0 Å². The summed E-state index contributed by atoms with van der Waals surface area (Å²) in [6.45, 7) is 2.13. The van der Waals surface area contributed by atoms with Crippen LogP contribution in [0.4, 0.5) is 0 Å². The molecule has 0 saturated carbocycles. The zero-order chi connectivity index (χ0) is 16.4. The lowest BCUT2D eigenvalue weighted by Crippen LogP contribution is -2.29. The number of hydrazine groups is 1. The fourth-order valence-corrected chi connectivity index (χ4v) is 2.21. The van der Waals surface area contributed by atoms with Gasteiger partial charge in [-0.1, -0.05) is 18.6 Å². The third-order valence-electron chi connectivity index (χ3n) is 3.40. The second-order valence-corrected chi connectivity index (χ2v) is 4.89. The summed E-state index contributed by atoms with van der Waals surface area (Å²) in [5, 5.41) is 0. The number of rotatable bonds is 9. The molecule has 1 atom stereocenters. The highest BCUT2D eigenvalue weighted by molar-refractivity contribution is 5.78. The Morgan fingerprint density at radius 3 is 2.45 bits per heavy atom. The molecule has 1 amide bonds. The van der Waals surface area contributed by atoms with Gasteiger partial charge in [0.2, 0.25) is 5.91 Å². The highest BCUT2D eigenvalue weighted by Gasteiger charge is 2.21. The fraction of sp³-hybridized carbons (Fsp3) is 0.500. The standard InChI is InChI=1S/C16H24N2O4/c1-3-22-16(20)14(6-4-5-7-15(19)18-17)12-8-10-13(21-2)11-9-12/h8-11,14H,3-7,17H2,1-2H3,(H,18,19). The van der Waals surface area contributed by atoms with Crippen LogP contribution in [-0.2, 0) is 14.3 Å². The van der Waals surface area contributed by atoms with Gasteiger partial charge in [0.25, 0.3) is 0 Å². The smallest absolute Gasteiger partial charge is 0.313 e. The second-order valence-electron chi connectivity index (χ2n) is 4.89. The maximum Gasteiger partial charge on any atom is 0.313 e. The van der Waals surface area contributed by atoms with Crippen LogP contribution in [0.5, 0.6) is 5.75 Å². The molecule has 0 heterocycles. The predicted molar refractivity (Wildman–Crippen MR) is 83.2 cm³/mol. The molecule has 1 aromatic rings. The molecule has 1 aromatic carbocycles. The van der Waals surface area contributed by atoms with Crippen LogP contribution >= 0.6 is 0 Å². The fourth-order valence-electron chi connectivity index (χ4n) is 2.21. The first-order valence-corrected chi connectivity index (χ1v) is 7.42. The summed E-state index contributed by atoms with van der Waals surface area (Å²) < 4.78 is 10.3. The summed E-state index contributed by atoms with van der Waals surface area (Å²) in [6, 6.07) is 7.38. The Hall–Kier alpha value is -2.08. The largest absolute Gasteiger partial charge is 0.497 e. The molecule has 0 aromatic heterocycles. The van der Waals surface area contributed by atoms with Crippen molar-refractivity contribution in [3.8, 4) is 5.75 Å². The van der Waals surface area contributed by atoms with Crippen LogP contribution < -0.4 is 16.0 Å². The summed E-state index contributed by atoms with van der Waals surface area (Å²) in [6.07, 6.45) is 2.40. The predicted octanol–water partition coefficient (Wildman–Crippen LogP) is 1.89. The molecule has 0 saturated heterocycles. The Kier molecular flexibility index (Phi) is 7.99. The third-order valence-corrected chi connectivity index (χ3v) is 3.40. The van der Waals surface area contributed by atoms with Crippen molar-refractivity contribution in [2.24, 2.45) is 5.84 Å². The number of hydrogen-bond donors (Lipinski definition) is 2. The molecular weight excluding hydrogens is 284 g/mol. The van der Waals surface area contributed by atoms with E-state index < -0.39 is 0 Å². The van der Waals surface area contributed by atoms with Crippen molar-refractivity contribution in [1.29, 1.82) is 0 Å². The molecule has 0 fully saturated rings. The molecule has 0 spiro atoms. The van der Waals surface area contributed by atoms with E-state index in [1.54, 1.807) is 14.0 Å². The minimum atomic E-state index is -0.327. The molecule has 0 bridgehead atoms. The van der Waals surface area contributed by atoms with E-state index in [2.05, 4.69) is 5.43 Å². The lowest BCUT2D eigenvalue weighted by atomic mass is 9.93. The van der Waals surface area contributed by atoms with Gasteiger partial charge in [0.05, 0.1) is 19.6 Å². The van der Waals surface area contributed by atoms with Crippen LogP contribution in [0, 0.1) is 0 Å². The number of unbranched alkanes of at least 4 members (excludes halogenated alkanes) is 1. The Labute approximate surface area is 130 Å². The molecule has 122 valence electrons. The number of esters is 1. The van der Waals surface area contributed by atoms with E-state index in [4.69, 9.17) is 15.3 Å². The number of nitrogens with two attached hydrogens (primary N) is 1. The summed E-state index contributed by atoms with van der Waals surface area (Å²) >= 11 is 0. The SMILES string of the molecule is CCOC(=O)C(CCCCC(=O)NN)c1ccc(OC)cc1. The van der Waals surface area contributed by atoms with E-state index >= 15 is 0 Å². The number of nitrogens with one attached hydrogen (secondary N) is 1. The van der Waals surface area contributed by atoms with Gasteiger partial charge in [-0.2, -0.15) is 0 Å². The lowest BCUT2D eigenvalue weighted by Gasteiger charge is -2.16. The van der Waals surface area contributed by atoms with E-state index in [0.29, 0.717) is 25.9 Å². The first kappa shape index (κ1) is 18.0. The van der Waals surface area contributed by atoms with Gasteiger partial charge in [0, 0.05) is 6.42 Å². The van der Waals surface area contributed by atoms with Gasteiger partial charge in [-0.05, 0) is 37.5 Å². The molecule has 0 radical (unpaired) electrons. The average molecular weight is 308 g/mol. The maximum atomic E-state index is 12.1. The summed E-state index contributed by atoms with van der Waals surface area (Å²) in [4.78, 5) is 23.2. The van der Waals surface area contributed by atoms with Crippen molar-refractivity contribution in [3.63, 3.8) is 0 Å². The lowest BCUT2D eigenvalue weighted by molar-refractivity contribution is -0.145.